The van der Waals surface area contributed by atoms with E-state index < -0.39 is 6.10 Å². The Morgan fingerprint density at radius 1 is 1.19 bits per heavy atom. The van der Waals surface area contributed by atoms with Gasteiger partial charge in [-0.05, 0) is 35.2 Å². The van der Waals surface area contributed by atoms with Gasteiger partial charge in [0.1, 0.15) is 0 Å². The highest BCUT2D eigenvalue weighted by molar-refractivity contribution is 5.83. The van der Waals surface area contributed by atoms with Gasteiger partial charge in [-0.15, -0.1) is 0 Å². The average molecular weight is 286 g/mol. The number of hydrogen-bond donors (Lipinski definition) is 1. The normalized spacial score (nSPS) is 12.3. The van der Waals surface area contributed by atoms with Crippen molar-refractivity contribution in [1.82, 2.24) is 0 Å². The summed E-state index contributed by atoms with van der Waals surface area (Å²) >= 11 is 0. The van der Waals surface area contributed by atoms with Crippen molar-refractivity contribution in [2.45, 2.75) is 38.7 Å². The van der Waals surface area contributed by atoms with E-state index in [2.05, 4.69) is 6.92 Å². The summed E-state index contributed by atoms with van der Waals surface area (Å²) in [4.78, 5) is 11.5. The zero-order chi connectivity index (χ0) is 15.1. The average Bonchev–Trinajstić information content (AvgIpc) is 2.52. The van der Waals surface area contributed by atoms with Crippen molar-refractivity contribution in [3.05, 3.63) is 48.0 Å². The molecule has 0 aliphatic rings. The standard InChI is InChI=1S/C18H22O3/c1-2-3-12-21-18(20)11-10-17(19)16-9-8-14-6-4-5-7-15(14)13-16/h4-9,13,17,19H,2-3,10-12H2,1H3. The van der Waals surface area contributed by atoms with Gasteiger partial charge in [0, 0.05) is 6.42 Å². The van der Waals surface area contributed by atoms with Gasteiger partial charge in [-0.1, -0.05) is 49.7 Å². The maximum atomic E-state index is 11.5. The molecule has 0 saturated heterocycles. The van der Waals surface area contributed by atoms with Gasteiger partial charge in [0.15, 0.2) is 0 Å². The van der Waals surface area contributed by atoms with Crippen molar-refractivity contribution in [3.63, 3.8) is 0 Å². The lowest BCUT2D eigenvalue weighted by Gasteiger charge is -2.11. The Morgan fingerprint density at radius 3 is 2.71 bits per heavy atom. The van der Waals surface area contributed by atoms with E-state index in [0.29, 0.717) is 13.0 Å². The van der Waals surface area contributed by atoms with Crippen LogP contribution in [0.4, 0.5) is 0 Å². The molecule has 112 valence electrons. The van der Waals surface area contributed by atoms with Crippen LogP contribution >= 0.6 is 0 Å². The molecule has 0 aromatic heterocycles. The number of aliphatic hydroxyl groups excluding tert-OH is 1. The number of unbranched alkanes of at least 4 members (excludes halogenated alkanes) is 1. The summed E-state index contributed by atoms with van der Waals surface area (Å²) in [6, 6.07) is 13.9. The summed E-state index contributed by atoms with van der Waals surface area (Å²) < 4.78 is 5.09. The number of rotatable bonds is 7. The number of aliphatic hydroxyl groups is 1. The van der Waals surface area contributed by atoms with Gasteiger partial charge < -0.3 is 9.84 Å². The van der Waals surface area contributed by atoms with E-state index in [1.807, 2.05) is 42.5 Å². The van der Waals surface area contributed by atoms with E-state index in [-0.39, 0.29) is 12.4 Å². The Hall–Kier alpha value is -1.87. The van der Waals surface area contributed by atoms with Gasteiger partial charge in [0.05, 0.1) is 12.7 Å². The van der Waals surface area contributed by atoms with Crippen molar-refractivity contribution in [2.75, 3.05) is 6.61 Å². The molecule has 0 heterocycles. The van der Waals surface area contributed by atoms with E-state index in [0.717, 1.165) is 29.2 Å². The largest absolute Gasteiger partial charge is 0.466 e. The van der Waals surface area contributed by atoms with Gasteiger partial charge in [-0.25, -0.2) is 0 Å². The molecular formula is C18H22O3. The SMILES string of the molecule is CCCCOC(=O)CCC(O)c1ccc2ccccc2c1. The fourth-order valence-corrected chi connectivity index (χ4v) is 2.24. The minimum Gasteiger partial charge on any atom is -0.466 e. The molecule has 2 aromatic carbocycles. The van der Waals surface area contributed by atoms with Crippen LogP contribution in [0.3, 0.4) is 0 Å². The molecule has 0 saturated carbocycles. The number of hydrogen-bond acceptors (Lipinski definition) is 3. The van der Waals surface area contributed by atoms with Gasteiger partial charge in [-0.3, -0.25) is 4.79 Å². The Balaban J connectivity index is 1.89. The molecule has 2 aromatic rings. The van der Waals surface area contributed by atoms with Crippen LogP contribution in [0, 0.1) is 0 Å². The molecule has 1 unspecified atom stereocenters. The quantitative estimate of drug-likeness (QED) is 0.618. The lowest BCUT2D eigenvalue weighted by Crippen LogP contribution is -2.08. The van der Waals surface area contributed by atoms with Crippen LogP contribution in [0.25, 0.3) is 10.8 Å². The molecule has 21 heavy (non-hydrogen) atoms. The van der Waals surface area contributed by atoms with Crippen molar-refractivity contribution in [3.8, 4) is 0 Å². The van der Waals surface area contributed by atoms with Crippen LogP contribution in [-0.4, -0.2) is 17.7 Å². The highest BCUT2D eigenvalue weighted by Gasteiger charge is 2.11. The number of carbonyl (C=O) groups excluding carboxylic acids is 1. The Morgan fingerprint density at radius 2 is 1.95 bits per heavy atom. The van der Waals surface area contributed by atoms with E-state index in [1.165, 1.54) is 0 Å². The molecule has 0 aliphatic carbocycles. The maximum Gasteiger partial charge on any atom is 0.305 e. The second-order valence-corrected chi connectivity index (χ2v) is 5.24. The highest BCUT2D eigenvalue weighted by atomic mass is 16.5. The lowest BCUT2D eigenvalue weighted by molar-refractivity contribution is -0.144. The molecule has 3 nitrogen and oxygen atoms in total. The molecule has 0 aliphatic heterocycles. The minimum atomic E-state index is -0.631. The third-order valence-corrected chi connectivity index (χ3v) is 3.54. The van der Waals surface area contributed by atoms with Crippen LogP contribution < -0.4 is 0 Å². The first-order valence-corrected chi connectivity index (χ1v) is 7.53. The number of benzene rings is 2. The summed E-state index contributed by atoms with van der Waals surface area (Å²) in [5.74, 6) is -0.233. The van der Waals surface area contributed by atoms with E-state index in [9.17, 15) is 9.90 Å². The molecule has 2 rings (SSSR count). The van der Waals surface area contributed by atoms with E-state index in [4.69, 9.17) is 4.74 Å². The van der Waals surface area contributed by atoms with Gasteiger partial charge >= 0.3 is 5.97 Å². The van der Waals surface area contributed by atoms with E-state index in [1.54, 1.807) is 0 Å². The zero-order valence-corrected chi connectivity index (χ0v) is 12.4. The van der Waals surface area contributed by atoms with Crippen LogP contribution in [0.5, 0.6) is 0 Å². The fraction of sp³-hybridized carbons (Fsp3) is 0.389. The predicted octanol–water partition coefficient (Wildman–Crippen LogP) is 4.00. The van der Waals surface area contributed by atoms with Gasteiger partial charge in [0.25, 0.3) is 0 Å². The van der Waals surface area contributed by atoms with Crippen molar-refractivity contribution in [2.24, 2.45) is 0 Å². The zero-order valence-electron chi connectivity index (χ0n) is 12.4. The first kappa shape index (κ1) is 15.5. The van der Waals surface area contributed by atoms with Crippen LogP contribution in [0.15, 0.2) is 42.5 Å². The monoisotopic (exact) mass is 286 g/mol. The Labute approximate surface area is 125 Å². The fourth-order valence-electron chi connectivity index (χ4n) is 2.24. The molecule has 3 heteroatoms. The molecule has 0 amide bonds. The van der Waals surface area contributed by atoms with Crippen molar-refractivity contribution < 1.29 is 14.6 Å². The number of carbonyl (C=O) groups is 1. The summed E-state index contributed by atoms with van der Waals surface area (Å²) in [5, 5.41) is 12.4. The lowest BCUT2D eigenvalue weighted by atomic mass is 10.0. The summed E-state index contributed by atoms with van der Waals surface area (Å²) in [6.45, 7) is 2.53. The second-order valence-electron chi connectivity index (χ2n) is 5.24. The van der Waals surface area contributed by atoms with Gasteiger partial charge in [0.2, 0.25) is 0 Å². The Bertz CT molecular complexity index is 592. The second kappa shape index (κ2) is 7.79. The van der Waals surface area contributed by atoms with Gasteiger partial charge in [-0.2, -0.15) is 0 Å². The smallest absolute Gasteiger partial charge is 0.305 e. The minimum absolute atomic E-state index is 0.233. The molecule has 0 radical (unpaired) electrons. The Kier molecular flexibility index (Phi) is 5.76. The summed E-state index contributed by atoms with van der Waals surface area (Å²) in [6.07, 6.45) is 1.90. The molecule has 1 N–H and O–H groups in total. The van der Waals surface area contributed by atoms with Crippen LogP contribution in [0.2, 0.25) is 0 Å². The first-order chi connectivity index (χ1) is 10.2. The van der Waals surface area contributed by atoms with Crippen LogP contribution in [0.1, 0.15) is 44.3 Å². The number of esters is 1. The third kappa shape index (κ3) is 4.57. The predicted molar refractivity (Wildman–Crippen MR) is 84.0 cm³/mol. The first-order valence-electron chi connectivity index (χ1n) is 7.53. The molecule has 0 spiro atoms. The van der Waals surface area contributed by atoms with Crippen molar-refractivity contribution >= 4 is 16.7 Å². The highest BCUT2D eigenvalue weighted by Crippen LogP contribution is 2.23. The van der Waals surface area contributed by atoms with E-state index >= 15 is 0 Å². The van der Waals surface area contributed by atoms with Crippen LogP contribution in [-0.2, 0) is 9.53 Å². The number of ether oxygens (including phenoxy) is 1. The molecular weight excluding hydrogens is 264 g/mol. The topological polar surface area (TPSA) is 46.5 Å². The molecule has 0 fully saturated rings. The third-order valence-electron chi connectivity index (χ3n) is 3.54. The maximum absolute atomic E-state index is 11.5. The summed E-state index contributed by atoms with van der Waals surface area (Å²) in [5.41, 5.74) is 0.843. The molecule has 0 bridgehead atoms. The van der Waals surface area contributed by atoms with Crippen molar-refractivity contribution in [1.29, 1.82) is 0 Å². The summed E-state index contributed by atoms with van der Waals surface area (Å²) in [7, 11) is 0. The molecule has 1 atom stereocenters. The number of fused-ring (bicyclic) bond motifs is 1.